The molecule has 0 radical (unpaired) electrons. The molecule has 3 heterocycles. The van der Waals surface area contributed by atoms with Gasteiger partial charge in [0.25, 0.3) is 0 Å². The van der Waals surface area contributed by atoms with E-state index in [1.54, 1.807) is 30.8 Å². The van der Waals surface area contributed by atoms with Gasteiger partial charge in [-0.1, -0.05) is 5.73 Å². The van der Waals surface area contributed by atoms with E-state index >= 15 is 0 Å². The number of nitrogens with zero attached hydrogens (tertiary/aromatic N) is 4. The van der Waals surface area contributed by atoms with Crippen LogP contribution in [0.3, 0.4) is 0 Å². The molecule has 1 aromatic heterocycles. The average molecular weight is 250 g/mol. The lowest BCUT2D eigenvalue weighted by molar-refractivity contribution is 0.314. The third-order valence-electron chi connectivity index (χ3n) is 2.55. The Morgan fingerprint density at radius 2 is 2.32 bits per heavy atom. The van der Waals surface area contributed by atoms with Crippen LogP contribution in [0.4, 0.5) is 0 Å². The molecule has 92 valence electrons. The van der Waals surface area contributed by atoms with E-state index in [9.17, 15) is 0 Å². The Balaban J connectivity index is 2.18. The minimum Gasteiger partial charge on any atom is -0.439 e. The van der Waals surface area contributed by atoms with E-state index in [-0.39, 0.29) is 5.88 Å². The highest BCUT2D eigenvalue weighted by atomic mass is 16.5. The molecule has 0 amide bonds. The zero-order valence-corrected chi connectivity index (χ0v) is 10.1. The van der Waals surface area contributed by atoms with E-state index in [0.717, 1.165) is 5.57 Å². The number of rotatable bonds is 0. The zero-order valence-electron chi connectivity index (χ0n) is 10.1. The number of aromatic nitrogens is 1. The highest BCUT2D eigenvalue weighted by Crippen LogP contribution is 2.13. The topological polar surface area (TPSA) is 59.2 Å². The summed E-state index contributed by atoms with van der Waals surface area (Å²) in [5, 5.41) is 0.640. The van der Waals surface area contributed by atoms with Crippen LogP contribution in [0.15, 0.2) is 75.1 Å². The van der Waals surface area contributed by atoms with Gasteiger partial charge < -0.3 is 4.74 Å². The maximum absolute atomic E-state index is 5.61. The summed E-state index contributed by atoms with van der Waals surface area (Å²) in [5.74, 6) is 0.884. The Morgan fingerprint density at radius 3 is 3.26 bits per heavy atom. The SMILES string of the molecule is C=C1/N=c2/cccn/c2=N/CC2=C(C=C=CN=C2)O1. The van der Waals surface area contributed by atoms with Crippen molar-refractivity contribution in [3.8, 4) is 0 Å². The van der Waals surface area contributed by atoms with Crippen molar-refractivity contribution in [3.05, 3.63) is 71.0 Å². The first-order valence-electron chi connectivity index (χ1n) is 5.71. The molecule has 5 heteroatoms. The number of fused-ring (bicyclic) bond motifs is 1. The first-order valence-corrected chi connectivity index (χ1v) is 5.71. The van der Waals surface area contributed by atoms with Gasteiger partial charge in [0.2, 0.25) is 5.88 Å². The van der Waals surface area contributed by atoms with Crippen molar-refractivity contribution >= 4 is 6.21 Å². The molecule has 2 aliphatic rings. The van der Waals surface area contributed by atoms with Crippen LogP contribution in [0, 0.1) is 0 Å². The molecule has 0 fully saturated rings. The fraction of sp³-hybridized carbons (Fsp3) is 0.0714. The van der Waals surface area contributed by atoms with Gasteiger partial charge in [-0.2, -0.15) is 0 Å². The van der Waals surface area contributed by atoms with Gasteiger partial charge in [0.05, 0.1) is 12.7 Å². The van der Waals surface area contributed by atoms with Gasteiger partial charge >= 0.3 is 0 Å². The van der Waals surface area contributed by atoms with Crippen LogP contribution in [0.2, 0.25) is 0 Å². The number of aliphatic imine (C=N–C) groups is 1. The fourth-order valence-electron chi connectivity index (χ4n) is 1.70. The summed E-state index contributed by atoms with van der Waals surface area (Å²) in [4.78, 5) is 17.0. The van der Waals surface area contributed by atoms with Crippen LogP contribution in [0.25, 0.3) is 0 Å². The largest absolute Gasteiger partial charge is 0.439 e. The molecule has 0 saturated heterocycles. The van der Waals surface area contributed by atoms with Crippen molar-refractivity contribution in [2.75, 3.05) is 6.54 Å². The molecule has 3 rings (SSSR count). The Morgan fingerprint density at radius 1 is 1.37 bits per heavy atom. The van der Waals surface area contributed by atoms with E-state index < -0.39 is 0 Å². The summed E-state index contributed by atoms with van der Waals surface area (Å²) in [7, 11) is 0. The Bertz CT molecular complexity index is 780. The van der Waals surface area contributed by atoms with E-state index in [1.807, 2.05) is 6.07 Å². The quantitative estimate of drug-likeness (QED) is 0.640. The van der Waals surface area contributed by atoms with E-state index in [1.165, 1.54) is 0 Å². The highest BCUT2D eigenvalue weighted by Gasteiger charge is 2.08. The maximum Gasteiger partial charge on any atom is 0.212 e. The lowest BCUT2D eigenvalue weighted by atomic mass is 10.2. The summed E-state index contributed by atoms with van der Waals surface area (Å²) in [6.07, 6.45) is 6.63. The van der Waals surface area contributed by atoms with Crippen molar-refractivity contribution < 1.29 is 4.74 Å². The van der Waals surface area contributed by atoms with Crippen molar-refractivity contribution in [1.82, 2.24) is 4.98 Å². The van der Waals surface area contributed by atoms with Gasteiger partial charge in [-0.3, -0.25) is 9.98 Å². The molecule has 0 unspecified atom stereocenters. The van der Waals surface area contributed by atoms with Crippen LogP contribution in [0.5, 0.6) is 0 Å². The van der Waals surface area contributed by atoms with Crippen LogP contribution >= 0.6 is 0 Å². The minimum atomic E-state index is 0.284. The summed E-state index contributed by atoms with van der Waals surface area (Å²) >= 11 is 0. The van der Waals surface area contributed by atoms with Gasteiger partial charge in [0.15, 0.2) is 5.49 Å². The molecule has 19 heavy (non-hydrogen) atoms. The molecule has 0 aliphatic carbocycles. The van der Waals surface area contributed by atoms with Crippen molar-refractivity contribution in [1.29, 1.82) is 0 Å². The number of pyridine rings is 1. The van der Waals surface area contributed by atoms with Crippen LogP contribution < -0.4 is 10.8 Å². The van der Waals surface area contributed by atoms with Gasteiger partial charge in [0, 0.05) is 24.1 Å². The Labute approximate surface area is 109 Å². The van der Waals surface area contributed by atoms with Crippen molar-refractivity contribution in [2.24, 2.45) is 15.0 Å². The predicted octanol–water partition coefficient (Wildman–Crippen LogP) is 0.830. The molecule has 0 spiro atoms. The summed E-state index contributed by atoms with van der Waals surface area (Å²) < 4.78 is 5.61. The van der Waals surface area contributed by atoms with Crippen molar-refractivity contribution in [2.45, 2.75) is 0 Å². The second kappa shape index (κ2) is 4.84. The van der Waals surface area contributed by atoms with Gasteiger partial charge in [-0.15, -0.1) is 0 Å². The molecule has 2 aliphatic heterocycles. The first kappa shape index (κ1) is 11.3. The molecule has 5 nitrogen and oxygen atoms in total. The highest BCUT2D eigenvalue weighted by molar-refractivity contribution is 5.81. The zero-order chi connectivity index (χ0) is 13.1. The van der Waals surface area contributed by atoms with E-state index in [0.29, 0.717) is 23.1 Å². The molecule has 0 saturated carbocycles. The number of hydrogen-bond acceptors (Lipinski definition) is 5. The van der Waals surface area contributed by atoms with E-state index in [4.69, 9.17) is 4.74 Å². The normalized spacial score (nSPS) is 20.5. The number of ether oxygens (including phenoxy) is 1. The standard InChI is InChI=1S/C14H10N4O/c1-10-18-12-4-2-7-16-14(12)17-9-11-8-15-6-3-5-13(11)19-10/h2,4-8H,1,9H2/b17-14+,18-12-. The monoisotopic (exact) mass is 250 g/mol. The van der Waals surface area contributed by atoms with Gasteiger partial charge in [0.1, 0.15) is 11.1 Å². The summed E-state index contributed by atoms with van der Waals surface area (Å²) in [5.41, 5.74) is 4.28. The predicted molar refractivity (Wildman–Crippen MR) is 69.8 cm³/mol. The number of allylic oxidation sites excluding steroid dienone is 1. The summed E-state index contributed by atoms with van der Waals surface area (Å²) in [6, 6.07) is 3.62. The van der Waals surface area contributed by atoms with E-state index in [2.05, 4.69) is 32.3 Å². The van der Waals surface area contributed by atoms with Gasteiger partial charge in [-0.05, 0) is 18.7 Å². The smallest absolute Gasteiger partial charge is 0.212 e. The molecular weight excluding hydrogens is 240 g/mol. The molecule has 1 aromatic rings. The lowest BCUT2D eigenvalue weighted by Gasteiger charge is -2.06. The fourth-order valence-corrected chi connectivity index (χ4v) is 1.70. The van der Waals surface area contributed by atoms with Crippen LogP contribution in [-0.4, -0.2) is 17.7 Å². The average Bonchev–Trinajstić information content (AvgIpc) is 2.59. The maximum atomic E-state index is 5.61. The molecule has 0 bridgehead atoms. The molecular formula is C14H10N4O. The van der Waals surface area contributed by atoms with Gasteiger partial charge in [-0.25, -0.2) is 9.98 Å². The third-order valence-corrected chi connectivity index (χ3v) is 2.55. The minimum absolute atomic E-state index is 0.284. The third kappa shape index (κ3) is 2.41. The molecule has 0 N–H and O–H groups in total. The first-order chi connectivity index (χ1) is 9.33. The lowest BCUT2D eigenvalue weighted by Crippen LogP contribution is -2.28. The Kier molecular flexibility index (Phi) is 2.88. The summed E-state index contributed by atoms with van der Waals surface area (Å²) in [6.45, 7) is 4.20. The van der Waals surface area contributed by atoms with Crippen molar-refractivity contribution in [3.63, 3.8) is 0 Å². The van der Waals surface area contributed by atoms with Crippen LogP contribution in [0.1, 0.15) is 0 Å². The molecule has 0 aromatic carbocycles. The Hall–Kier alpha value is -2.78. The van der Waals surface area contributed by atoms with Crippen LogP contribution in [-0.2, 0) is 4.74 Å². The second-order valence-electron chi connectivity index (χ2n) is 3.88. The molecule has 0 atom stereocenters. The number of hydrogen-bond donors (Lipinski definition) is 0. The second-order valence-corrected chi connectivity index (χ2v) is 3.88.